The molecule has 8 heteroatoms. The van der Waals surface area contributed by atoms with Crippen LogP contribution in [0.1, 0.15) is 51.9 Å². The van der Waals surface area contributed by atoms with Crippen LogP contribution in [0.15, 0.2) is 0 Å². The molecule has 1 aliphatic carbocycles. The molecule has 3 aliphatic heterocycles. The Labute approximate surface area is 172 Å². The standard InChI is InChI=1S/C21H35F2N3O3/c1-2-29-19(28)25-13-20(14-25)7-3-17(11-20)24-8-4-16(5-9-24)26-15-21(22,23)12-18(26)6-10-27/h16-18,27H,2-15H2,1H3/t17?,18-/m0/s1. The minimum Gasteiger partial charge on any atom is -0.450 e. The van der Waals surface area contributed by atoms with Crippen LogP contribution in [0.5, 0.6) is 0 Å². The molecule has 4 rings (SSSR count). The molecule has 29 heavy (non-hydrogen) atoms. The molecule has 3 heterocycles. The van der Waals surface area contributed by atoms with Gasteiger partial charge in [0.2, 0.25) is 0 Å². The van der Waals surface area contributed by atoms with Gasteiger partial charge in [-0.3, -0.25) is 4.90 Å². The molecule has 1 unspecified atom stereocenters. The summed E-state index contributed by atoms with van der Waals surface area (Å²) in [4.78, 5) is 18.2. The van der Waals surface area contributed by atoms with E-state index in [4.69, 9.17) is 4.74 Å². The number of aliphatic hydroxyl groups excluding tert-OH is 1. The van der Waals surface area contributed by atoms with Crippen molar-refractivity contribution < 1.29 is 23.4 Å². The molecule has 1 N–H and O–H groups in total. The quantitative estimate of drug-likeness (QED) is 0.748. The first kappa shape index (κ1) is 21.2. The van der Waals surface area contributed by atoms with Crippen molar-refractivity contribution in [3.05, 3.63) is 0 Å². The Morgan fingerprint density at radius 3 is 2.48 bits per heavy atom. The first-order valence-corrected chi connectivity index (χ1v) is 11.2. The third-order valence-corrected chi connectivity index (χ3v) is 7.62. The Morgan fingerprint density at radius 2 is 1.83 bits per heavy atom. The summed E-state index contributed by atoms with van der Waals surface area (Å²) in [5.74, 6) is -2.62. The molecular formula is C21H35F2N3O3. The SMILES string of the molecule is CCOC(=O)N1CC2(CCC(N3CCC(N4CC(F)(F)C[C@@H]4CCO)CC3)C2)C1. The summed E-state index contributed by atoms with van der Waals surface area (Å²) in [6.45, 7) is 5.61. The fourth-order valence-electron chi connectivity index (χ4n) is 6.23. The Balaban J connectivity index is 1.25. The molecule has 0 radical (unpaired) electrons. The van der Waals surface area contributed by atoms with E-state index in [0.29, 0.717) is 19.1 Å². The minimum atomic E-state index is -2.62. The fraction of sp³-hybridized carbons (Fsp3) is 0.952. The highest BCUT2D eigenvalue weighted by Crippen LogP contribution is 2.48. The maximum atomic E-state index is 13.9. The summed E-state index contributed by atoms with van der Waals surface area (Å²) in [7, 11) is 0. The zero-order valence-electron chi connectivity index (χ0n) is 17.5. The summed E-state index contributed by atoms with van der Waals surface area (Å²) in [6.07, 6.45) is 5.44. The van der Waals surface area contributed by atoms with Crippen molar-refractivity contribution in [1.29, 1.82) is 0 Å². The fourth-order valence-corrected chi connectivity index (χ4v) is 6.23. The molecule has 4 aliphatic rings. The lowest BCUT2D eigenvalue weighted by Crippen LogP contribution is -2.58. The van der Waals surface area contributed by atoms with Crippen molar-refractivity contribution in [1.82, 2.24) is 14.7 Å². The highest BCUT2D eigenvalue weighted by molar-refractivity contribution is 5.69. The number of piperidine rings is 1. The number of alkyl halides is 2. The van der Waals surface area contributed by atoms with Crippen LogP contribution in [0, 0.1) is 5.41 Å². The summed E-state index contributed by atoms with van der Waals surface area (Å²) in [6, 6.07) is 0.563. The van der Waals surface area contributed by atoms with Crippen molar-refractivity contribution in [3.63, 3.8) is 0 Å². The van der Waals surface area contributed by atoms with Gasteiger partial charge in [-0.05, 0) is 58.5 Å². The number of halogens is 2. The van der Waals surface area contributed by atoms with Crippen LogP contribution in [0.4, 0.5) is 13.6 Å². The molecule has 1 saturated carbocycles. The van der Waals surface area contributed by atoms with Crippen molar-refractivity contribution >= 4 is 6.09 Å². The summed E-state index contributed by atoms with van der Waals surface area (Å²) in [5, 5.41) is 9.25. The second-order valence-electron chi connectivity index (χ2n) is 9.62. The first-order valence-electron chi connectivity index (χ1n) is 11.2. The summed E-state index contributed by atoms with van der Waals surface area (Å²) in [5.41, 5.74) is 0.261. The lowest BCUT2D eigenvalue weighted by Gasteiger charge is -2.48. The molecule has 0 aromatic carbocycles. The second-order valence-corrected chi connectivity index (χ2v) is 9.62. The average Bonchev–Trinajstić information content (AvgIpc) is 3.23. The molecule has 166 valence electrons. The Hall–Kier alpha value is -0.990. The molecular weight excluding hydrogens is 380 g/mol. The van der Waals surface area contributed by atoms with Crippen LogP contribution in [0.2, 0.25) is 0 Å². The number of rotatable bonds is 5. The summed E-state index contributed by atoms with van der Waals surface area (Å²) < 4.78 is 33.0. The number of nitrogens with zero attached hydrogens (tertiary/aromatic N) is 3. The van der Waals surface area contributed by atoms with E-state index >= 15 is 0 Å². The third kappa shape index (κ3) is 4.39. The second kappa shape index (κ2) is 8.27. The maximum Gasteiger partial charge on any atom is 0.409 e. The van der Waals surface area contributed by atoms with Crippen LogP contribution in [-0.2, 0) is 4.74 Å². The number of amides is 1. The molecule has 4 fully saturated rings. The van der Waals surface area contributed by atoms with Gasteiger partial charge in [-0.15, -0.1) is 0 Å². The van der Waals surface area contributed by atoms with E-state index in [9.17, 15) is 18.7 Å². The van der Waals surface area contributed by atoms with E-state index in [1.54, 1.807) is 0 Å². The Bertz CT molecular complexity index is 592. The van der Waals surface area contributed by atoms with E-state index in [2.05, 4.69) is 4.90 Å². The van der Waals surface area contributed by atoms with E-state index in [-0.39, 0.29) is 43.2 Å². The van der Waals surface area contributed by atoms with Crippen molar-refractivity contribution in [2.24, 2.45) is 5.41 Å². The number of aliphatic hydroxyl groups is 1. The van der Waals surface area contributed by atoms with Crippen LogP contribution in [0.3, 0.4) is 0 Å². The monoisotopic (exact) mass is 415 g/mol. The minimum absolute atomic E-state index is 0.0247. The van der Waals surface area contributed by atoms with E-state index in [1.165, 1.54) is 0 Å². The average molecular weight is 416 g/mol. The topological polar surface area (TPSA) is 56.2 Å². The van der Waals surface area contributed by atoms with E-state index in [0.717, 1.165) is 58.3 Å². The molecule has 0 aromatic rings. The number of hydrogen-bond donors (Lipinski definition) is 1. The number of hydrogen-bond acceptors (Lipinski definition) is 5. The van der Waals surface area contributed by atoms with Gasteiger partial charge in [-0.1, -0.05) is 0 Å². The van der Waals surface area contributed by atoms with Gasteiger partial charge < -0.3 is 19.6 Å². The zero-order valence-corrected chi connectivity index (χ0v) is 17.5. The lowest BCUT2D eigenvalue weighted by atomic mass is 9.78. The maximum absolute atomic E-state index is 13.9. The predicted octanol–water partition coefficient (Wildman–Crippen LogP) is 2.55. The molecule has 0 bridgehead atoms. The van der Waals surface area contributed by atoms with E-state index < -0.39 is 5.92 Å². The molecule has 1 spiro atoms. The largest absolute Gasteiger partial charge is 0.450 e. The highest BCUT2D eigenvalue weighted by Gasteiger charge is 2.52. The van der Waals surface area contributed by atoms with Gasteiger partial charge in [-0.2, -0.15) is 0 Å². The lowest BCUT2D eigenvalue weighted by molar-refractivity contribution is -0.00796. The number of carbonyl (C=O) groups excluding carboxylic acids is 1. The third-order valence-electron chi connectivity index (χ3n) is 7.62. The van der Waals surface area contributed by atoms with E-state index in [1.807, 2.05) is 16.7 Å². The van der Waals surface area contributed by atoms with Gasteiger partial charge in [0.05, 0.1) is 13.2 Å². The van der Waals surface area contributed by atoms with Crippen LogP contribution < -0.4 is 0 Å². The normalized spacial score (nSPS) is 32.6. The first-order chi connectivity index (χ1) is 13.8. The Morgan fingerprint density at radius 1 is 1.10 bits per heavy atom. The van der Waals surface area contributed by atoms with Gasteiger partial charge in [0.15, 0.2) is 0 Å². The molecule has 0 aromatic heterocycles. The van der Waals surface area contributed by atoms with Crippen LogP contribution in [-0.4, -0.2) is 95.9 Å². The number of carbonyl (C=O) groups is 1. The van der Waals surface area contributed by atoms with Crippen LogP contribution >= 0.6 is 0 Å². The molecule has 1 amide bonds. The van der Waals surface area contributed by atoms with Gasteiger partial charge in [0.1, 0.15) is 0 Å². The summed E-state index contributed by atoms with van der Waals surface area (Å²) >= 11 is 0. The number of ether oxygens (including phenoxy) is 1. The predicted molar refractivity (Wildman–Crippen MR) is 105 cm³/mol. The highest BCUT2D eigenvalue weighted by atomic mass is 19.3. The van der Waals surface area contributed by atoms with Gasteiger partial charge >= 0.3 is 6.09 Å². The van der Waals surface area contributed by atoms with Crippen molar-refractivity contribution in [3.8, 4) is 0 Å². The van der Waals surface area contributed by atoms with Gasteiger partial charge in [0.25, 0.3) is 5.92 Å². The van der Waals surface area contributed by atoms with Crippen molar-refractivity contribution in [2.45, 2.75) is 75.9 Å². The van der Waals surface area contributed by atoms with Crippen molar-refractivity contribution in [2.75, 3.05) is 45.9 Å². The van der Waals surface area contributed by atoms with Gasteiger partial charge in [-0.25, -0.2) is 13.6 Å². The van der Waals surface area contributed by atoms with Gasteiger partial charge in [0, 0.05) is 49.7 Å². The molecule has 6 nitrogen and oxygen atoms in total. The smallest absolute Gasteiger partial charge is 0.409 e. The Kier molecular flexibility index (Phi) is 6.06. The molecule has 2 atom stereocenters. The number of likely N-dealkylation sites (tertiary alicyclic amines) is 3. The van der Waals surface area contributed by atoms with Crippen LogP contribution in [0.25, 0.3) is 0 Å². The zero-order chi connectivity index (χ0) is 20.6. The molecule has 3 saturated heterocycles.